The van der Waals surface area contributed by atoms with Crippen LogP contribution in [0.25, 0.3) is 0 Å². The third-order valence-corrected chi connectivity index (χ3v) is 4.00. The Balaban J connectivity index is 1.76. The lowest BCUT2D eigenvalue weighted by Crippen LogP contribution is -2.53. The molecule has 2 rings (SSSR count). The normalized spacial score (nSPS) is 32.4. The van der Waals surface area contributed by atoms with Crippen molar-refractivity contribution in [3.63, 3.8) is 0 Å². The molecule has 0 aromatic carbocycles. The summed E-state index contributed by atoms with van der Waals surface area (Å²) in [6, 6.07) is 1.11. The fourth-order valence-corrected chi connectivity index (χ4v) is 3.10. The van der Waals surface area contributed by atoms with Gasteiger partial charge in [-0.15, -0.1) is 0 Å². The van der Waals surface area contributed by atoms with Gasteiger partial charge in [0.15, 0.2) is 0 Å². The SMILES string of the molecule is CC(=O)NC1CCN(C2CNCC(C)C2)CC1. The molecule has 4 nitrogen and oxygen atoms in total. The van der Waals surface area contributed by atoms with Gasteiger partial charge in [0.25, 0.3) is 0 Å². The van der Waals surface area contributed by atoms with Crippen molar-refractivity contribution < 1.29 is 4.79 Å². The van der Waals surface area contributed by atoms with Gasteiger partial charge in [0.2, 0.25) is 5.91 Å². The molecule has 2 saturated heterocycles. The maximum absolute atomic E-state index is 11.0. The second-order valence-corrected chi connectivity index (χ2v) is 5.66. The molecule has 0 aromatic rings. The van der Waals surface area contributed by atoms with Crippen LogP contribution in [0.1, 0.15) is 33.1 Å². The first kappa shape index (κ1) is 12.8. The number of nitrogens with zero attached hydrogens (tertiary/aromatic N) is 1. The Labute approximate surface area is 104 Å². The number of nitrogens with one attached hydrogen (secondary N) is 2. The van der Waals surface area contributed by atoms with Gasteiger partial charge in [0.1, 0.15) is 0 Å². The van der Waals surface area contributed by atoms with E-state index in [9.17, 15) is 4.79 Å². The van der Waals surface area contributed by atoms with E-state index in [0.29, 0.717) is 12.1 Å². The molecule has 0 spiro atoms. The highest BCUT2D eigenvalue weighted by Gasteiger charge is 2.28. The van der Waals surface area contributed by atoms with E-state index < -0.39 is 0 Å². The molecule has 1 amide bonds. The van der Waals surface area contributed by atoms with E-state index in [4.69, 9.17) is 0 Å². The number of piperidine rings is 2. The highest BCUT2D eigenvalue weighted by atomic mass is 16.1. The lowest BCUT2D eigenvalue weighted by Gasteiger charge is -2.41. The van der Waals surface area contributed by atoms with E-state index in [2.05, 4.69) is 22.5 Å². The molecule has 2 aliphatic heterocycles. The van der Waals surface area contributed by atoms with Gasteiger partial charge in [0.05, 0.1) is 0 Å². The predicted octanol–water partition coefficient (Wildman–Crippen LogP) is 0.585. The Morgan fingerprint density at radius 3 is 2.59 bits per heavy atom. The Hall–Kier alpha value is -0.610. The third kappa shape index (κ3) is 3.68. The molecule has 2 heterocycles. The van der Waals surface area contributed by atoms with Crippen LogP contribution in [0.2, 0.25) is 0 Å². The number of hydrogen-bond acceptors (Lipinski definition) is 3. The quantitative estimate of drug-likeness (QED) is 0.741. The van der Waals surface area contributed by atoms with E-state index in [1.54, 1.807) is 6.92 Å². The van der Waals surface area contributed by atoms with Crippen LogP contribution in [-0.2, 0) is 4.79 Å². The number of amides is 1. The second kappa shape index (κ2) is 5.83. The minimum atomic E-state index is 0.108. The molecule has 0 aromatic heterocycles. The largest absolute Gasteiger partial charge is 0.354 e. The van der Waals surface area contributed by atoms with Gasteiger partial charge in [-0.05, 0) is 31.7 Å². The zero-order chi connectivity index (χ0) is 12.3. The summed E-state index contributed by atoms with van der Waals surface area (Å²) >= 11 is 0. The zero-order valence-corrected chi connectivity index (χ0v) is 11.0. The first-order chi connectivity index (χ1) is 8.15. The molecule has 2 unspecified atom stereocenters. The van der Waals surface area contributed by atoms with Crippen molar-refractivity contribution in [3.8, 4) is 0 Å². The van der Waals surface area contributed by atoms with Gasteiger partial charge < -0.3 is 10.6 Å². The van der Waals surface area contributed by atoms with Crippen molar-refractivity contribution in [3.05, 3.63) is 0 Å². The van der Waals surface area contributed by atoms with Crippen LogP contribution in [-0.4, -0.2) is 49.1 Å². The van der Waals surface area contributed by atoms with Crippen molar-refractivity contribution in [2.75, 3.05) is 26.2 Å². The van der Waals surface area contributed by atoms with Crippen molar-refractivity contribution in [2.24, 2.45) is 5.92 Å². The lowest BCUT2D eigenvalue weighted by atomic mass is 9.94. The van der Waals surface area contributed by atoms with Gasteiger partial charge >= 0.3 is 0 Å². The van der Waals surface area contributed by atoms with Crippen LogP contribution in [0.15, 0.2) is 0 Å². The minimum Gasteiger partial charge on any atom is -0.354 e. The van der Waals surface area contributed by atoms with Crippen LogP contribution in [0.3, 0.4) is 0 Å². The van der Waals surface area contributed by atoms with Crippen molar-refractivity contribution in [1.29, 1.82) is 0 Å². The lowest BCUT2D eigenvalue weighted by molar-refractivity contribution is -0.120. The minimum absolute atomic E-state index is 0.108. The molecule has 0 aliphatic carbocycles. The molecule has 2 fully saturated rings. The van der Waals surface area contributed by atoms with Crippen LogP contribution >= 0.6 is 0 Å². The van der Waals surface area contributed by atoms with E-state index in [1.165, 1.54) is 13.0 Å². The third-order valence-electron chi connectivity index (χ3n) is 4.00. The summed E-state index contributed by atoms with van der Waals surface area (Å²) < 4.78 is 0. The fourth-order valence-electron chi connectivity index (χ4n) is 3.10. The summed E-state index contributed by atoms with van der Waals surface area (Å²) in [6.45, 7) is 8.49. The van der Waals surface area contributed by atoms with Crippen molar-refractivity contribution in [1.82, 2.24) is 15.5 Å². The second-order valence-electron chi connectivity index (χ2n) is 5.66. The number of rotatable bonds is 2. The van der Waals surface area contributed by atoms with E-state index in [-0.39, 0.29) is 5.91 Å². The predicted molar refractivity (Wildman–Crippen MR) is 68.9 cm³/mol. The summed E-state index contributed by atoms with van der Waals surface area (Å²) in [5, 5.41) is 6.55. The number of hydrogen-bond donors (Lipinski definition) is 2. The molecule has 4 heteroatoms. The van der Waals surface area contributed by atoms with Gasteiger partial charge in [-0.1, -0.05) is 6.92 Å². The Morgan fingerprint density at radius 1 is 1.29 bits per heavy atom. The molecule has 2 N–H and O–H groups in total. The van der Waals surface area contributed by atoms with Gasteiger partial charge in [0, 0.05) is 38.6 Å². The maximum atomic E-state index is 11.0. The molecular weight excluding hydrogens is 214 g/mol. The van der Waals surface area contributed by atoms with E-state index in [0.717, 1.165) is 38.4 Å². The van der Waals surface area contributed by atoms with E-state index >= 15 is 0 Å². The van der Waals surface area contributed by atoms with Gasteiger partial charge in [-0.25, -0.2) is 0 Å². The van der Waals surface area contributed by atoms with Crippen LogP contribution in [0, 0.1) is 5.92 Å². The summed E-state index contributed by atoms with van der Waals surface area (Å²) in [6.07, 6.45) is 3.52. The standard InChI is InChI=1S/C13H25N3O/c1-10-7-13(9-14-8-10)16-5-3-12(4-6-16)15-11(2)17/h10,12-14H,3-9H2,1-2H3,(H,15,17). The molecule has 17 heavy (non-hydrogen) atoms. The highest BCUT2D eigenvalue weighted by Crippen LogP contribution is 2.19. The smallest absolute Gasteiger partial charge is 0.217 e. The average Bonchev–Trinajstić information content (AvgIpc) is 2.29. The van der Waals surface area contributed by atoms with Crippen LogP contribution in [0.4, 0.5) is 0 Å². The number of carbonyl (C=O) groups excluding carboxylic acids is 1. The molecular formula is C13H25N3O. The first-order valence-electron chi connectivity index (χ1n) is 6.87. The fraction of sp³-hybridized carbons (Fsp3) is 0.923. The Kier molecular flexibility index (Phi) is 4.40. The summed E-state index contributed by atoms with van der Waals surface area (Å²) in [4.78, 5) is 13.6. The summed E-state index contributed by atoms with van der Waals surface area (Å²) in [5.74, 6) is 0.901. The molecule has 0 bridgehead atoms. The molecule has 98 valence electrons. The molecule has 2 aliphatic rings. The number of carbonyl (C=O) groups is 1. The average molecular weight is 239 g/mol. The summed E-state index contributed by atoms with van der Waals surface area (Å²) in [7, 11) is 0. The topological polar surface area (TPSA) is 44.4 Å². The highest BCUT2D eigenvalue weighted by molar-refractivity contribution is 5.73. The Morgan fingerprint density at radius 2 is 2.00 bits per heavy atom. The summed E-state index contributed by atoms with van der Waals surface area (Å²) in [5.41, 5.74) is 0. The Bertz CT molecular complexity index is 261. The molecule has 2 atom stereocenters. The van der Waals surface area contributed by atoms with Crippen molar-refractivity contribution in [2.45, 2.75) is 45.2 Å². The first-order valence-corrected chi connectivity index (χ1v) is 6.87. The van der Waals surface area contributed by atoms with Crippen LogP contribution < -0.4 is 10.6 Å². The van der Waals surface area contributed by atoms with Gasteiger partial charge in [-0.2, -0.15) is 0 Å². The van der Waals surface area contributed by atoms with Crippen molar-refractivity contribution >= 4 is 5.91 Å². The monoisotopic (exact) mass is 239 g/mol. The van der Waals surface area contributed by atoms with Gasteiger partial charge in [-0.3, -0.25) is 9.69 Å². The zero-order valence-electron chi connectivity index (χ0n) is 11.0. The molecule has 0 radical (unpaired) electrons. The maximum Gasteiger partial charge on any atom is 0.217 e. The van der Waals surface area contributed by atoms with E-state index in [1.807, 2.05) is 0 Å². The molecule has 0 saturated carbocycles. The van der Waals surface area contributed by atoms with Crippen LogP contribution in [0.5, 0.6) is 0 Å². The number of likely N-dealkylation sites (tertiary alicyclic amines) is 1.